The summed E-state index contributed by atoms with van der Waals surface area (Å²) < 4.78 is 42.8. The average molecular weight is 368 g/mol. The van der Waals surface area contributed by atoms with Crippen LogP contribution in [0.25, 0.3) is 0 Å². The summed E-state index contributed by atoms with van der Waals surface area (Å²) in [5, 5.41) is 10.6. The van der Waals surface area contributed by atoms with Crippen molar-refractivity contribution in [2.24, 2.45) is 5.41 Å². The zero-order chi connectivity index (χ0) is 18.5. The molecule has 2 atom stereocenters. The van der Waals surface area contributed by atoms with Crippen LogP contribution < -0.4 is 5.32 Å². The zero-order valence-corrected chi connectivity index (χ0v) is 13.8. The van der Waals surface area contributed by atoms with Gasteiger partial charge in [0.1, 0.15) is 6.10 Å². The van der Waals surface area contributed by atoms with E-state index in [4.69, 9.17) is 19.4 Å². The Morgan fingerprint density at radius 1 is 1.24 bits per heavy atom. The number of rotatable bonds is 1. The predicted molar refractivity (Wildman–Crippen MR) is 80.0 cm³/mol. The highest BCUT2D eigenvalue weighted by atomic mass is 19.4. The van der Waals surface area contributed by atoms with Crippen LogP contribution in [-0.4, -0.2) is 80.2 Å². The van der Waals surface area contributed by atoms with E-state index < -0.39 is 12.1 Å². The molecule has 3 rings (SSSR count). The molecule has 3 heterocycles. The molecule has 1 spiro atoms. The number of aliphatic carboxylic acids is 1. The molecule has 25 heavy (non-hydrogen) atoms. The second-order valence-corrected chi connectivity index (χ2v) is 6.52. The van der Waals surface area contributed by atoms with Crippen LogP contribution in [0.5, 0.6) is 0 Å². The zero-order valence-electron chi connectivity index (χ0n) is 13.8. The van der Waals surface area contributed by atoms with Crippen molar-refractivity contribution in [1.29, 1.82) is 0 Å². The van der Waals surface area contributed by atoms with Gasteiger partial charge in [0.15, 0.2) is 0 Å². The topological polar surface area (TPSA) is 88.1 Å². The third kappa shape index (κ3) is 5.55. The van der Waals surface area contributed by atoms with E-state index >= 15 is 0 Å². The fourth-order valence-electron chi connectivity index (χ4n) is 3.26. The second-order valence-electron chi connectivity index (χ2n) is 6.52. The lowest BCUT2D eigenvalue weighted by molar-refractivity contribution is -0.192. The summed E-state index contributed by atoms with van der Waals surface area (Å²) >= 11 is 0. The number of carboxylic acid groups (broad SMARTS) is 1. The Labute approximate surface area is 143 Å². The van der Waals surface area contributed by atoms with Crippen molar-refractivity contribution in [3.8, 4) is 0 Å². The number of ether oxygens (including phenoxy) is 2. The van der Waals surface area contributed by atoms with Crippen LogP contribution in [0, 0.1) is 5.41 Å². The summed E-state index contributed by atoms with van der Waals surface area (Å²) in [5.41, 5.74) is 0.213. The van der Waals surface area contributed by atoms with Crippen molar-refractivity contribution < 1.29 is 37.3 Å². The SMILES string of the molecule is O=C(C1CC2(CCCNC2)CO1)N1CCOCC1.O=C(O)C(F)(F)F. The number of carbonyl (C=O) groups is 2. The number of nitrogens with zero attached hydrogens (tertiary/aromatic N) is 1. The molecule has 10 heteroatoms. The van der Waals surface area contributed by atoms with E-state index in [1.807, 2.05) is 4.90 Å². The number of hydrogen-bond acceptors (Lipinski definition) is 5. The lowest BCUT2D eigenvalue weighted by Crippen LogP contribution is -2.46. The van der Waals surface area contributed by atoms with E-state index in [0.29, 0.717) is 26.3 Å². The number of halogens is 3. The highest BCUT2D eigenvalue weighted by Gasteiger charge is 2.44. The monoisotopic (exact) mass is 368 g/mol. The van der Waals surface area contributed by atoms with E-state index in [-0.39, 0.29) is 17.4 Å². The van der Waals surface area contributed by atoms with E-state index in [9.17, 15) is 18.0 Å². The Hall–Kier alpha value is -1.39. The minimum Gasteiger partial charge on any atom is -0.475 e. The quantitative estimate of drug-likeness (QED) is 0.706. The normalized spacial score (nSPS) is 29.9. The molecule has 0 aromatic rings. The van der Waals surface area contributed by atoms with Gasteiger partial charge in [0.2, 0.25) is 0 Å². The number of piperidine rings is 1. The Bertz CT molecular complexity index is 474. The lowest BCUT2D eigenvalue weighted by atomic mass is 9.79. The standard InChI is InChI=1S/C13H22N2O3.C2HF3O2/c16-12(15-4-6-17-7-5-15)11-8-13(10-18-11)2-1-3-14-9-13;3-2(4,5)1(6)7/h11,14H,1-10H2;(H,6,7). The summed E-state index contributed by atoms with van der Waals surface area (Å²) in [6.07, 6.45) is -2.03. The van der Waals surface area contributed by atoms with Crippen LogP contribution in [0.15, 0.2) is 0 Å². The van der Waals surface area contributed by atoms with E-state index in [0.717, 1.165) is 26.1 Å². The number of hydrogen-bond donors (Lipinski definition) is 2. The molecule has 3 aliphatic heterocycles. The molecular formula is C15H23F3N2O5. The maximum atomic E-state index is 12.4. The van der Waals surface area contributed by atoms with Gasteiger partial charge in [-0.15, -0.1) is 0 Å². The van der Waals surface area contributed by atoms with Crippen molar-refractivity contribution in [2.45, 2.75) is 31.5 Å². The number of morpholine rings is 1. The minimum atomic E-state index is -5.08. The fourth-order valence-corrected chi connectivity index (χ4v) is 3.26. The van der Waals surface area contributed by atoms with Crippen molar-refractivity contribution in [1.82, 2.24) is 10.2 Å². The molecule has 0 saturated carbocycles. The Kier molecular flexibility index (Phi) is 6.64. The molecule has 0 aromatic carbocycles. The molecule has 0 radical (unpaired) electrons. The molecule has 144 valence electrons. The van der Waals surface area contributed by atoms with Gasteiger partial charge < -0.3 is 24.8 Å². The van der Waals surface area contributed by atoms with Crippen LogP contribution in [0.1, 0.15) is 19.3 Å². The Morgan fingerprint density at radius 2 is 1.88 bits per heavy atom. The lowest BCUT2D eigenvalue weighted by Gasteiger charge is -2.33. The molecule has 0 aliphatic carbocycles. The van der Waals surface area contributed by atoms with Crippen LogP contribution in [0.3, 0.4) is 0 Å². The van der Waals surface area contributed by atoms with E-state index in [1.54, 1.807) is 0 Å². The van der Waals surface area contributed by atoms with Gasteiger partial charge in [-0.2, -0.15) is 13.2 Å². The predicted octanol–water partition coefficient (Wildman–Crippen LogP) is 0.637. The van der Waals surface area contributed by atoms with Crippen molar-refractivity contribution in [2.75, 3.05) is 46.0 Å². The molecule has 0 aromatic heterocycles. The van der Waals surface area contributed by atoms with Crippen molar-refractivity contribution in [3.05, 3.63) is 0 Å². The molecule has 3 saturated heterocycles. The molecule has 2 N–H and O–H groups in total. The van der Waals surface area contributed by atoms with Crippen LogP contribution in [-0.2, 0) is 19.1 Å². The molecule has 1 amide bonds. The smallest absolute Gasteiger partial charge is 0.475 e. The number of carboxylic acids is 1. The Morgan fingerprint density at radius 3 is 2.40 bits per heavy atom. The molecular weight excluding hydrogens is 345 g/mol. The third-order valence-electron chi connectivity index (χ3n) is 4.61. The largest absolute Gasteiger partial charge is 0.490 e. The molecule has 3 aliphatic rings. The minimum absolute atomic E-state index is 0.167. The first-order valence-electron chi connectivity index (χ1n) is 8.22. The van der Waals surface area contributed by atoms with Gasteiger partial charge in [0.25, 0.3) is 5.91 Å². The van der Waals surface area contributed by atoms with Crippen molar-refractivity contribution >= 4 is 11.9 Å². The van der Waals surface area contributed by atoms with Gasteiger partial charge in [-0.05, 0) is 25.8 Å². The fraction of sp³-hybridized carbons (Fsp3) is 0.867. The molecule has 3 fully saturated rings. The average Bonchev–Trinajstić information content (AvgIpc) is 2.99. The summed E-state index contributed by atoms with van der Waals surface area (Å²) in [7, 11) is 0. The van der Waals surface area contributed by atoms with Crippen LogP contribution in [0.4, 0.5) is 13.2 Å². The number of carbonyl (C=O) groups excluding carboxylic acids is 1. The van der Waals surface area contributed by atoms with Gasteiger partial charge in [-0.1, -0.05) is 0 Å². The van der Waals surface area contributed by atoms with Gasteiger partial charge in [-0.3, -0.25) is 4.79 Å². The van der Waals surface area contributed by atoms with Crippen LogP contribution >= 0.6 is 0 Å². The van der Waals surface area contributed by atoms with Gasteiger partial charge in [0.05, 0.1) is 19.8 Å². The first-order valence-corrected chi connectivity index (χ1v) is 8.22. The van der Waals surface area contributed by atoms with Gasteiger partial charge in [0, 0.05) is 25.0 Å². The summed E-state index contributed by atoms with van der Waals surface area (Å²) in [5.74, 6) is -2.59. The molecule has 2 unspecified atom stereocenters. The van der Waals surface area contributed by atoms with E-state index in [1.165, 1.54) is 12.8 Å². The summed E-state index contributed by atoms with van der Waals surface area (Å²) in [4.78, 5) is 23.1. The maximum Gasteiger partial charge on any atom is 0.490 e. The van der Waals surface area contributed by atoms with Crippen molar-refractivity contribution in [3.63, 3.8) is 0 Å². The third-order valence-corrected chi connectivity index (χ3v) is 4.61. The first kappa shape index (κ1) is 19.9. The summed E-state index contributed by atoms with van der Waals surface area (Å²) in [6.45, 7) is 5.58. The van der Waals surface area contributed by atoms with Crippen LogP contribution in [0.2, 0.25) is 0 Å². The molecule has 7 nitrogen and oxygen atoms in total. The number of nitrogens with one attached hydrogen (secondary N) is 1. The molecule has 0 bridgehead atoms. The summed E-state index contributed by atoms with van der Waals surface area (Å²) in [6, 6.07) is 0. The Balaban J connectivity index is 0.000000277. The first-order chi connectivity index (χ1) is 11.7. The number of alkyl halides is 3. The highest BCUT2D eigenvalue weighted by Crippen LogP contribution is 2.38. The second kappa shape index (κ2) is 8.33. The van der Waals surface area contributed by atoms with Gasteiger partial charge in [-0.25, -0.2) is 4.79 Å². The number of amides is 1. The van der Waals surface area contributed by atoms with Gasteiger partial charge >= 0.3 is 12.1 Å². The maximum absolute atomic E-state index is 12.4. The highest BCUT2D eigenvalue weighted by molar-refractivity contribution is 5.81. The van der Waals surface area contributed by atoms with E-state index in [2.05, 4.69) is 5.32 Å².